The van der Waals surface area contributed by atoms with Crippen LogP contribution in [0.15, 0.2) is 36.5 Å². The molecule has 1 fully saturated rings. The van der Waals surface area contributed by atoms with Crippen LogP contribution in [0.5, 0.6) is 0 Å². The molecule has 24 heavy (non-hydrogen) atoms. The molecule has 126 valence electrons. The molecule has 2 N–H and O–H groups in total. The maximum Gasteiger partial charge on any atom is 0.233 e. The number of anilines is 1. The maximum absolute atomic E-state index is 12.2. The largest absolute Gasteiger partial charge is 0.353 e. The minimum atomic E-state index is -0.306. The fraction of sp³-hybridized carbons (Fsp3) is 0.421. The number of amides is 2. The number of nitrogens with one attached hydrogen (secondary N) is 2. The van der Waals surface area contributed by atoms with Crippen LogP contribution in [0.3, 0.4) is 0 Å². The average molecular weight is 325 g/mol. The van der Waals surface area contributed by atoms with E-state index in [9.17, 15) is 9.59 Å². The normalized spacial score (nSPS) is 15.7. The van der Waals surface area contributed by atoms with Crippen molar-refractivity contribution in [2.75, 3.05) is 5.32 Å². The van der Waals surface area contributed by atoms with Gasteiger partial charge in [0.15, 0.2) is 0 Å². The highest BCUT2D eigenvalue weighted by atomic mass is 16.2. The fourth-order valence-electron chi connectivity index (χ4n) is 3.25. The third kappa shape index (κ3) is 4.31. The van der Waals surface area contributed by atoms with Crippen LogP contribution in [0.25, 0.3) is 10.9 Å². The first-order chi connectivity index (χ1) is 11.7. The highest BCUT2D eigenvalue weighted by Gasteiger charge is 2.17. The molecule has 5 nitrogen and oxygen atoms in total. The molecule has 1 aromatic carbocycles. The molecule has 0 atom stereocenters. The second-order valence-electron chi connectivity index (χ2n) is 6.36. The van der Waals surface area contributed by atoms with Gasteiger partial charge in [-0.15, -0.1) is 0 Å². The van der Waals surface area contributed by atoms with Gasteiger partial charge >= 0.3 is 0 Å². The van der Waals surface area contributed by atoms with Crippen molar-refractivity contribution in [1.29, 1.82) is 0 Å². The Balaban J connectivity index is 1.57. The Morgan fingerprint density at radius 1 is 1.00 bits per heavy atom. The maximum atomic E-state index is 12.2. The molecule has 1 heterocycles. The number of carbonyl (C=O) groups excluding carboxylic acids is 2. The van der Waals surface area contributed by atoms with Crippen molar-refractivity contribution in [3.05, 3.63) is 36.5 Å². The zero-order valence-electron chi connectivity index (χ0n) is 13.8. The van der Waals surface area contributed by atoms with Crippen molar-refractivity contribution in [2.45, 2.75) is 51.0 Å². The van der Waals surface area contributed by atoms with Crippen molar-refractivity contribution in [3.8, 4) is 0 Å². The topological polar surface area (TPSA) is 71.1 Å². The molecule has 0 bridgehead atoms. The summed E-state index contributed by atoms with van der Waals surface area (Å²) < 4.78 is 0. The predicted octanol–water partition coefficient (Wildman–Crippen LogP) is 3.40. The van der Waals surface area contributed by atoms with Crippen LogP contribution in [0, 0.1) is 0 Å². The van der Waals surface area contributed by atoms with Gasteiger partial charge in [-0.1, -0.05) is 43.9 Å². The number of carbonyl (C=O) groups is 2. The Kier molecular flexibility index (Phi) is 5.41. The lowest BCUT2D eigenvalue weighted by molar-refractivity contribution is -0.127. The summed E-state index contributed by atoms with van der Waals surface area (Å²) in [5.74, 6) is -0.508. The summed E-state index contributed by atoms with van der Waals surface area (Å²) in [4.78, 5) is 28.6. The number of pyridine rings is 1. The zero-order valence-corrected chi connectivity index (χ0v) is 13.8. The number of aromatic nitrogens is 1. The first kappa shape index (κ1) is 16.4. The Labute approximate surface area is 141 Å². The minimum Gasteiger partial charge on any atom is -0.353 e. The van der Waals surface area contributed by atoms with Gasteiger partial charge in [0.2, 0.25) is 11.8 Å². The van der Waals surface area contributed by atoms with Crippen LogP contribution in [0.1, 0.15) is 44.9 Å². The highest BCUT2D eigenvalue weighted by Crippen LogP contribution is 2.21. The van der Waals surface area contributed by atoms with Crippen LogP contribution in [0.4, 0.5) is 5.69 Å². The number of hydrogen-bond acceptors (Lipinski definition) is 3. The lowest BCUT2D eigenvalue weighted by Crippen LogP contribution is -2.36. The van der Waals surface area contributed by atoms with Gasteiger partial charge in [0, 0.05) is 17.6 Å². The second kappa shape index (κ2) is 7.90. The number of nitrogens with zero attached hydrogens (tertiary/aromatic N) is 1. The second-order valence-corrected chi connectivity index (χ2v) is 6.36. The third-order valence-electron chi connectivity index (χ3n) is 4.45. The van der Waals surface area contributed by atoms with E-state index in [-0.39, 0.29) is 24.3 Å². The van der Waals surface area contributed by atoms with E-state index in [1.807, 2.05) is 24.3 Å². The number of rotatable bonds is 4. The van der Waals surface area contributed by atoms with Crippen LogP contribution in [0.2, 0.25) is 0 Å². The van der Waals surface area contributed by atoms with E-state index in [1.165, 1.54) is 12.8 Å². The number of hydrogen-bond donors (Lipinski definition) is 2. The minimum absolute atomic E-state index is 0.153. The lowest BCUT2D eigenvalue weighted by atomic mass is 10.1. The van der Waals surface area contributed by atoms with Crippen molar-refractivity contribution in [1.82, 2.24) is 10.3 Å². The first-order valence-electron chi connectivity index (χ1n) is 8.65. The van der Waals surface area contributed by atoms with E-state index in [2.05, 4.69) is 15.6 Å². The molecule has 2 aromatic rings. The molecule has 1 aliphatic rings. The fourth-order valence-corrected chi connectivity index (χ4v) is 3.25. The summed E-state index contributed by atoms with van der Waals surface area (Å²) >= 11 is 0. The lowest BCUT2D eigenvalue weighted by Gasteiger charge is -2.16. The third-order valence-corrected chi connectivity index (χ3v) is 4.45. The van der Waals surface area contributed by atoms with Gasteiger partial charge in [-0.25, -0.2) is 0 Å². The SMILES string of the molecule is O=C(CC(=O)NC1CCCCCC1)Nc1cccc2cccnc12. The molecule has 0 spiro atoms. The van der Waals surface area contributed by atoms with Crippen molar-refractivity contribution >= 4 is 28.4 Å². The summed E-state index contributed by atoms with van der Waals surface area (Å²) in [5.41, 5.74) is 1.37. The van der Waals surface area contributed by atoms with Gasteiger partial charge in [0.25, 0.3) is 0 Å². The van der Waals surface area contributed by atoms with Crippen LogP contribution >= 0.6 is 0 Å². The quantitative estimate of drug-likeness (QED) is 0.668. The molecule has 0 radical (unpaired) electrons. The Hall–Kier alpha value is -2.43. The summed E-state index contributed by atoms with van der Waals surface area (Å²) in [6.45, 7) is 0. The van der Waals surface area contributed by atoms with Gasteiger partial charge in [-0.2, -0.15) is 0 Å². The summed E-state index contributed by atoms with van der Waals surface area (Å²) in [5, 5.41) is 6.76. The van der Waals surface area contributed by atoms with Gasteiger partial charge in [-0.05, 0) is 25.0 Å². The van der Waals surface area contributed by atoms with Gasteiger partial charge in [-0.3, -0.25) is 14.6 Å². The predicted molar refractivity (Wildman–Crippen MR) is 94.6 cm³/mol. The van der Waals surface area contributed by atoms with Gasteiger partial charge < -0.3 is 10.6 Å². The Morgan fingerprint density at radius 2 is 1.75 bits per heavy atom. The van der Waals surface area contributed by atoms with E-state index in [0.717, 1.165) is 36.6 Å². The molecular weight excluding hydrogens is 302 g/mol. The van der Waals surface area contributed by atoms with Crippen LogP contribution in [-0.4, -0.2) is 22.8 Å². The molecule has 2 amide bonds. The van der Waals surface area contributed by atoms with Gasteiger partial charge in [0.1, 0.15) is 6.42 Å². The van der Waals surface area contributed by atoms with E-state index < -0.39 is 0 Å². The van der Waals surface area contributed by atoms with Crippen LogP contribution in [-0.2, 0) is 9.59 Å². The molecule has 0 saturated heterocycles. The van der Waals surface area contributed by atoms with Crippen molar-refractivity contribution in [2.24, 2.45) is 0 Å². The Bertz CT molecular complexity index is 716. The summed E-state index contributed by atoms with van der Waals surface area (Å²) in [6.07, 6.45) is 8.34. The smallest absolute Gasteiger partial charge is 0.233 e. The van der Waals surface area contributed by atoms with Crippen molar-refractivity contribution in [3.63, 3.8) is 0 Å². The summed E-state index contributed by atoms with van der Waals surface area (Å²) in [7, 11) is 0. The zero-order chi connectivity index (χ0) is 16.8. The number of para-hydroxylation sites is 1. The molecule has 3 rings (SSSR count). The highest BCUT2D eigenvalue weighted by molar-refractivity contribution is 6.07. The monoisotopic (exact) mass is 325 g/mol. The van der Waals surface area contributed by atoms with E-state index in [4.69, 9.17) is 0 Å². The molecule has 1 aliphatic carbocycles. The average Bonchev–Trinajstić information content (AvgIpc) is 2.83. The molecule has 0 unspecified atom stereocenters. The Morgan fingerprint density at radius 3 is 2.54 bits per heavy atom. The molecule has 5 heteroatoms. The van der Waals surface area contributed by atoms with E-state index in [0.29, 0.717) is 5.69 Å². The standard InChI is InChI=1S/C19H23N3O2/c23-17(21-15-9-3-1-2-4-10-15)13-18(24)22-16-11-5-7-14-8-6-12-20-19(14)16/h5-8,11-12,15H,1-4,9-10,13H2,(H,21,23)(H,22,24). The number of benzene rings is 1. The molecule has 0 aliphatic heterocycles. The van der Waals surface area contributed by atoms with Gasteiger partial charge in [0.05, 0.1) is 11.2 Å². The molecular formula is C19H23N3O2. The van der Waals surface area contributed by atoms with E-state index in [1.54, 1.807) is 12.3 Å². The molecule has 1 aromatic heterocycles. The summed E-state index contributed by atoms with van der Waals surface area (Å²) in [6, 6.07) is 9.62. The van der Waals surface area contributed by atoms with E-state index >= 15 is 0 Å². The number of fused-ring (bicyclic) bond motifs is 1. The molecule has 1 saturated carbocycles. The van der Waals surface area contributed by atoms with Crippen molar-refractivity contribution < 1.29 is 9.59 Å². The van der Waals surface area contributed by atoms with Crippen LogP contribution < -0.4 is 10.6 Å². The first-order valence-corrected chi connectivity index (χ1v) is 8.65.